The van der Waals surface area contributed by atoms with Crippen molar-refractivity contribution >= 4 is 22.8 Å². The van der Waals surface area contributed by atoms with Gasteiger partial charge >= 0.3 is 0 Å². The van der Waals surface area contributed by atoms with Crippen molar-refractivity contribution in [2.45, 2.75) is 64.5 Å². The van der Waals surface area contributed by atoms with E-state index >= 15 is 0 Å². The van der Waals surface area contributed by atoms with E-state index in [1.54, 1.807) is 6.26 Å². The third-order valence-corrected chi connectivity index (χ3v) is 5.87. The molecule has 1 aromatic heterocycles. The molecular formula is C26H30N2O3. The summed E-state index contributed by atoms with van der Waals surface area (Å²) < 4.78 is 5.72. The minimum atomic E-state index is -0.595. The maximum atomic E-state index is 12.9. The Kier molecular flexibility index (Phi) is 6.12. The number of carbonyl (C=O) groups excluding carboxylic acids is 2. The topological polar surface area (TPSA) is 71.3 Å². The molecule has 1 aliphatic carbocycles. The van der Waals surface area contributed by atoms with Crippen molar-refractivity contribution in [2.24, 2.45) is 0 Å². The molecule has 2 amide bonds. The number of aryl methyl sites for hydroxylation is 1. The molecule has 31 heavy (non-hydrogen) atoms. The van der Waals surface area contributed by atoms with E-state index in [1.165, 1.54) is 11.1 Å². The molecule has 5 nitrogen and oxygen atoms in total. The van der Waals surface area contributed by atoms with Gasteiger partial charge in [-0.15, -0.1) is 0 Å². The smallest absolute Gasteiger partial charge is 0.243 e. The second-order valence-corrected chi connectivity index (χ2v) is 8.89. The van der Waals surface area contributed by atoms with Gasteiger partial charge in [0.05, 0.1) is 12.7 Å². The van der Waals surface area contributed by atoms with Crippen molar-refractivity contribution in [1.29, 1.82) is 0 Å². The summed E-state index contributed by atoms with van der Waals surface area (Å²) in [7, 11) is 0. The molecule has 3 aromatic rings. The fraction of sp³-hybridized carbons (Fsp3) is 0.385. The summed E-state index contributed by atoms with van der Waals surface area (Å²) in [5.74, 6) is 0.0954. The van der Waals surface area contributed by atoms with Gasteiger partial charge in [-0.1, -0.05) is 44.2 Å². The standard InChI is InChI=1S/C26H30N2O3/c1-16(2)21-14-22-19(15-31-24(22)11-17(21)3)13-25(29)28-23(26(30)27-20-9-10-20)12-18-7-5-4-6-8-18/h4-8,11,14-16,20,23H,9-10,12-13H2,1-3H3,(H,27,30)(H,28,29). The number of nitrogens with one attached hydrogen (secondary N) is 2. The highest BCUT2D eigenvalue weighted by molar-refractivity contribution is 5.92. The number of rotatable bonds is 8. The predicted molar refractivity (Wildman–Crippen MR) is 122 cm³/mol. The third kappa shape index (κ3) is 5.16. The molecule has 0 spiro atoms. The van der Waals surface area contributed by atoms with Crippen molar-refractivity contribution in [3.05, 3.63) is 71.0 Å². The number of amides is 2. The molecule has 4 rings (SSSR count). The first-order valence-corrected chi connectivity index (χ1v) is 11.0. The zero-order chi connectivity index (χ0) is 22.0. The summed E-state index contributed by atoms with van der Waals surface area (Å²) in [6.45, 7) is 6.40. The van der Waals surface area contributed by atoms with Crippen molar-refractivity contribution in [2.75, 3.05) is 0 Å². The van der Waals surface area contributed by atoms with E-state index in [0.717, 1.165) is 34.9 Å². The van der Waals surface area contributed by atoms with Crippen LogP contribution in [0.3, 0.4) is 0 Å². The quantitative estimate of drug-likeness (QED) is 0.569. The van der Waals surface area contributed by atoms with E-state index in [1.807, 2.05) is 36.4 Å². The van der Waals surface area contributed by atoms with Gasteiger partial charge in [0.15, 0.2) is 0 Å². The molecule has 1 saturated carbocycles. The van der Waals surface area contributed by atoms with Gasteiger partial charge in [0.1, 0.15) is 11.6 Å². The highest BCUT2D eigenvalue weighted by Crippen LogP contribution is 2.29. The number of hydrogen-bond acceptors (Lipinski definition) is 3. The molecule has 162 valence electrons. The van der Waals surface area contributed by atoms with Gasteiger partial charge in [-0.3, -0.25) is 9.59 Å². The molecular weight excluding hydrogens is 388 g/mol. The Morgan fingerprint density at radius 1 is 1.13 bits per heavy atom. The average Bonchev–Trinajstić information content (AvgIpc) is 3.47. The number of fused-ring (bicyclic) bond motifs is 1. The number of furan rings is 1. The lowest BCUT2D eigenvalue weighted by molar-refractivity contribution is -0.128. The molecule has 1 heterocycles. The van der Waals surface area contributed by atoms with Crippen LogP contribution in [0.1, 0.15) is 54.9 Å². The van der Waals surface area contributed by atoms with E-state index in [0.29, 0.717) is 12.3 Å². The van der Waals surface area contributed by atoms with Crippen molar-refractivity contribution < 1.29 is 14.0 Å². The Hall–Kier alpha value is -3.08. The zero-order valence-electron chi connectivity index (χ0n) is 18.4. The van der Waals surface area contributed by atoms with Gasteiger partial charge in [-0.2, -0.15) is 0 Å². The van der Waals surface area contributed by atoms with E-state index < -0.39 is 6.04 Å². The van der Waals surface area contributed by atoms with Crippen molar-refractivity contribution in [1.82, 2.24) is 10.6 Å². The van der Waals surface area contributed by atoms with Gasteiger partial charge in [0.25, 0.3) is 0 Å². The minimum absolute atomic E-state index is 0.116. The van der Waals surface area contributed by atoms with E-state index in [4.69, 9.17) is 4.42 Å². The van der Waals surface area contributed by atoms with Crippen LogP contribution < -0.4 is 10.6 Å². The first-order chi connectivity index (χ1) is 14.9. The number of hydrogen-bond donors (Lipinski definition) is 2. The summed E-state index contributed by atoms with van der Waals surface area (Å²) >= 11 is 0. The van der Waals surface area contributed by atoms with E-state index in [-0.39, 0.29) is 24.3 Å². The van der Waals surface area contributed by atoms with Crippen molar-refractivity contribution in [3.63, 3.8) is 0 Å². The molecule has 5 heteroatoms. The van der Waals surface area contributed by atoms with Crippen LogP contribution in [-0.2, 0) is 22.4 Å². The Bertz CT molecular complexity index is 1080. The summed E-state index contributed by atoms with van der Waals surface area (Å²) in [6, 6.07) is 13.6. The lowest BCUT2D eigenvalue weighted by Gasteiger charge is -2.18. The van der Waals surface area contributed by atoms with Crippen molar-refractivity contribution in [3.8, 4) is 0 Å². The van der Waals surface area contributed by atoms with Crippen LogP contribution in [-0.4, -0.2) is 23.9 Å². The van der Waals surface area contributed by atoms with Gasteiger partial charge in [-0.25, -0.2) is 0 Å². The second kappa shape index (κ2) is 8.96. The number of benzene rings is 2. The molecule has 0 saturated heterocycles. The van der Waals surface area contributed by atoms with Crippen LogP contribution in [0.25, 0.3) is 11.0 Å². The summed E-state index contributed by atoms with van der Waals surface area (Å²) in [4.78, 5) is 25.7. The minimum Gasteiger partial charge on any atom is -0.464 e. The average molecular weight is 419 g/mol. The maximum Gasteiger partial charge on any atom is 0.243 e. The van der Waals surface area contributed by atoms with Gasteiger partial charge in [-0.05, 0) is 54.5 Å². The summed E-state index contributed by atoms with van der Waals surface area (Å²) in [5, 5.41) is 6.94. The SMILES string of the molecule is Cc1cc2occ(CC(=O)NC(Cc3ccccc3)C(=O)NC3CC3)c2cc1C(C)C. The molecule has 1 unspecified atom stereocenters. The second-order valence-electron chi connectivity index (χ2n) is 8.89. The largest absolute Gasteiger partial charge is 0.464 e. The van der Waals surface area contributed by atoms with Gasteiger partial charge in [0.2, 0.25) is 11.8 Å². The normalized spacial score (nSPS) is 14.6. The van der Waals surface area contributed by atoms with Crippen LogP contribution in [0.2, 0.25) is 0 Å². The molecule has 1 atom stereocenters. The maximum absolute atomic E-state index is 12.9. The fourth-order valence-electron chi connectivity index (χ4n) is 4.01. The predicted octanol–water partition coefficient (Wildman–Crippen LogP) is 4.41. The van der Waals surface area contributed by atoms with Crippen LogP contribution in [0, 0.1) is 6.92 Å². The molecule has 2 aromatic carbocycles. The Morgan fingerprint density at radius 2 is 1.87 bits per heavy atom. The van der Waals surface area contributed by atoms with Crippen LogP contribution >= 0.6 is 0 Å². The van der Waals surface area contributed by atoms with Crippen LogP contribution in [0.5, 0.6) is 0 Å². The zero-order valence-corrected chi connectivity index (χ0v) is 18.4. The summed E-state index contributed by atoms with van der Waals surface area (Å²) in [5.41, 5.74) is 5.09. The number of carbonyl (C=O) groups is 2. The Labute approximate surface area is 183 Å². The van der Waals surface area contributed by atoms with Gasteiger partial charge in [0, 0.05) is 23.4 Å². The van der Waals surface area contributed by atoms with Gasteiger partial charge < -0.3 is 15.1 Å². The molecule has 1 fully saturated rings. The first kappa shape index (κ1) is 21.2. The van der Waals surface area contributed by atoms with E-state index in [2.05, 4.69) is 37.5 Å². The molecule has 0 radical (unpaired) electrons. The lowest BCUT2D eigenvalue weighted by Crippen LogP contribution is -2.49. The van der Waals surface area contributed by atoms with Crippen LogP contribution in [0.4, 0.5) is 0 Å². The molecule has 0 aliphatic heterocycles. The third-order valence-electron chi connectivity index (χ3n) is 5.87. The summed E-state index contributed by atoms with van der Waals surface area (Å²) in [6.07, 6.45) is 4.32. The highest BCUT2D eigenvalue weighted by Gasteiger charge is 2.28. The van der Waals surface area contributed by atoms with Crippen LogP contribution in [0.15, 0.2) is 53.1 Å². The first-order valence-electron chi connectivity index (χ1n) is 11.0. The molecule has 1 aliphatic rings. The highest BCUT2D eigenvalue weighted by atomic mass is 16.3. The fourth-order valence-corrected chi connectivity index (χ4v) is 4.01. The molecule has 0 bridgehead atoms. The Balaban J connectivity index is 1.50. The Morgan fingerprint density at radius 3 is 2.55 bits per heavy atom. The molecule has 2 N–H and O–H groups in total. The van der Waals surface area contributed by atoms with E-state index in [9.17, 15) is 9.59 Å². The monoisotopic (exact) mass is 418 g/mol. The lowest BCUT2D eigenvalue weighted by atomic mass is 9.95.